The molecule has 0 amide bonds. The van der Waals surface area contributed by atoms with E-state index in [0.717, 1.165) is 11.5 Å². The van der Waals surface area contributed by atoms with Crippen LogP contribution in [0.5, 0.6) is 0 Å². The Balaban J connectivity index is 1.38. The Bertz CT molecular complexity index is 604. The minimum absolute atomic E-state index is 0.0940. The summed E-state index contributed by atoms with van der Waals surface area (Å²) in [4.78, 5) is 0. The molecule has 2 fully saturated rings. The van der Waals surface area contributed by atoms with Crippen molar-refractivity contribution in [2.45, 2.75) is 194 Å². The zero-order valence-electron chi connectivity index (χ0n) is 31.9. The van der Waals surface area contributed by atoms with Crippen LogP contribution in [0, 0.1) is 17.3 Å². The number of thioether (sulfide) groups is 2. The molecule has 4 nitrogen and oxygen atoms in total. The van der Waals surface area contributed by atoms with Gasteiger partial charge in [0.1, 0.15) is 0 Å². The quantitative estimate of drug-likeness (QED) is 0.0650. The summed E-state index contributed by atoms with van der Waals surface area (Å²) in [6.45, 7) is 11.9. The molecular formula is C41H80O4S2. The fourth-order valence-corrected chi connectivity index (χ4v) is 9.03. The molecule has 2 aliphatic rings. The summed E-state index contributed by atoms with van der Waals surface area (Å²) >= 11 is 4.15. The van der Waals surface area contributed by atoms with Gasteiger partial charge < -0.3 is 18.9 Å². The molecule has 0 aliphatic carbocycles. The Morgan fingerprint density at radius 3 is 0.957 bits per heavy atom. The van der Waals surface area contributed by atoms with E-state index in [1.807, 2.05) is 0 Å². The summed E-state index contributed by atoms with van der Waals surface area (Å²) in [7, 11) is 0. The molecule has 0 bridgehead atoms. The number of ether oxygens (including phenoxy) is 4. The van der Waals surface area contributed by atoms with E-state index in [1.54, 1.807) is 0 Å². The van der Waals surface area contributed by atoms with Crippen LogP contribution in [0.3, 0.4) is 0 Å². The molecule has 2 rings (SSSR count). The van der Waals surface area contributed by atoms with Gasteiger partial charge in [0.15, 0.2) is 12.6 Å². The van der Waals surface area contributed by atoms with E-state index < -0.39 is 0 Å². The first-order valence-electron chi connectivity index (χ1n) is 20.7. The van der Waals surface area contributed by atoms with Gasteiger partial charge in [0, 0.05) is 23.3 Å². The number of hydrogen-bond donors (Lipinski definition) is 0. The van der Waals surface area contributed by atoms with Gasteiger partial charge in [-0.3, -0.25) is 0 Å². The maximum atomic E-state index is 6.26. The summed E-state index contributed by atoms with van der Waals surface area (Å²) in [5.41, 5.74) is -0.142. The Labute approximate surface area is 302 Å². The molecule has 2 saturated heterocycles. The smallest absolute Gasteiger partial charge is 0.160 e. The highest BCUT2D eigenvalue weighted by atomic mass is 32.2. The molecule has 1 spiro atoms. The van der Waals surface area contributed by atoms with Gasteiger partial charge in [-0.2, -0.15) is 23.5 Å². The predicted octanol–water partition coefficient (Wildman–Crippen LogP) is 12.9. The molecule has 0 radical (unpaired) electrons. The van der Waals surface area contributed by atoms with Crippen LogP contribution in [0.2, 0.25) is 0 Å². The van der Waals surface area contributed by atoms with Crippen molar-refractivity contribution in [2.24, 2.45) is 17.3 Å². The van der Waals surface area contributed by atoms with E-state index in [4.69, 9.17) is 18.9 Å². The molecule has 2 heterocycles. The zero-order chi connectivity index (χ0) is 33.7. The van der Waals surface area contributed by atoms with E-state index >= 15 is 0 Å². The van der Waals surface area contributed by atoms with Gasteiger partial charge in [-0.15, -0.1) is 0 Å². The van der Waals surface area contributed by atoms with Crippen molar-refractivity contribution in [3.63, 3.8) is 0 Å². The molecule has 0 N–H and O–H groups in total. The fourth-order valence-electron chi connectivity index (χ4n) is 6.82. The Hall–Kier alpha value is 0.540. The van der Waals surface area contributed by atoms with Gasteiger partial charge in [-0.1, -0.05) is 169 Å². The van der Waals surface area contributed by atoms with Gasteiger partial charge in [0.05, 0.1) is 31.8 Å². The molecule has 280 valence electrons. The molecule has 47 heavy (non-hydrogen) atoms. The SMILES string of the molecule is CCCCCCCCCCCCCCSCC(C)C1OCC2(CO1)COC(C(C)CSCCCCCCCCCCCCCC)OC2. The van der Waals surface area contributed by atoms with E-state index in [2.05, 4.69) is 51.2 Å². The summed E-state index contributed by atoms with van der Waals surface area (Å²) in [5.74, 6) is 5.57. The molecule has 6 heteroatoms. The molecule has 0 aromatic rings. The average molecular weight is 701 g/mol. The van der Waals surface area contributed by atoms with Crippen LogP contribution in [-0.4, -0.2) is 62.0 Å². The first-order valence-corrected chi connectivity index (χ1v) is 23.0. The van der Waals surface area contributed by atoms with Gasteiger partial charge in [-0.25, -0.2) is 0 Å². The normalized spacial score (nSPS) is 23.0. The molecule has 2 aliphatic heterocycles. The second-order valence-corrected chi connectivity index (χ2v) is 17.7. The molecule has 2 atom stereocenters. The van der Waals surface area contributed by atoms with Crippen molar-refractivity contribution in [1.29, 1.82) is 0 Å². The Morgan fingerprint density at radius 2 is 0.681 bits per heavy atom. The largest absolute Gasteiger partial charge is 0.352 e. The monoisotopic (exact) mass is 701 g/mol. The molecular weight excluding hydrogens is 621 g/mol. The molecule has 0 saturated carbocycles. The first kappa shape index (κ1) is 43.7. The summed E-state index contributed by atoms with van der Waals surface area (Å²) in [5, 5.41) is 0. The third kappa shape index (κ3) is 22.2. The highest BCUT2D eigenvalue weighted by Gasteiger charge is 2.43. The van der Waals surface area contributed by atoms with Crippen LogP contribution >= 0.6 is 23.5 Å². The van der Waals surface area contributed by atoms with E-state index in [1.165, 1.54) is 166 Å². The van der Waals surface area contributed by atoms with Crippen LogP contribution < -0.4 is 0 Å². The molecule has 0 aromatic heterocycles. The summed E-state index contributed by atoms with van der Waals surface area (Å²) in [6.07, 6.45) is 33.8. The summed E-state index contributed by atoms with van der Waals surface area (Å²) in [6, 6.07) is 0. The van der Waals surface area contributed by atoms with Crippen molar-refractivity contribution in [1.82, 2.24) is 0 Å². The Morgan fingerprint density at radius 1 is 0.426 bits per heavy atom. The van der Waals surface area contributed by atoms with Gasteiger partial charge in [0.2, 0.25) is 0 Å². The highest BCUT2D eigenvalue weighted by Crippen LogP contribution is 2.34. The maximum absolute atomic E-state index is 6.26. The van der Waals surface area contributed by atoms with Crippen LogP contribution in [0.1, 0.15) is 182 Å². The van der Waals surface area contributed by atoms with Crippen molar-refractivity contribution in [3.8, 4) is 0 Å². The van der Waals surface area contributed by atoms with Crippen molar-refractivity contribution >= 4 is 23.5 Å². The first-order chi connectivity index (χ1) is 23.1. The maximum Gasteiger partial charge on any atom is 0.160 e. The lowest BCUT2D eigenvalue weighted by Gasteiger charge is -2.45. The second-order valence-electron chi connectivity index (χ2n) is 15.4. The predicted molar refractivity (Wildman–Crippen MR) is 209 cm³/mol. The van der Waals surface area contributed by atoms with Gasteiger partial charge in [-0.05, 0) is 24.3 Å². The zero-order valence-corrected chi connectivity index (χ0v) is 33.5. The number of unbranched alkanes of at least 4 members (excludes halogenated alkanes) is 22. The fraction of sp³-hybridized carbons (Fsp3) is 1.00. The summed E-state index contributed by atoms with van der Waals surface area (Å²) < 4.78 is 25.0. The van der Waals surface area contributed by atoms with Crippen LogP contribution in [0.4, 0.5) is 0 Å². The van der Waals surface area contributed by atoms with Crippen molar-refractivity contribution in [3.05, 3.63) is 0 Å². The lowest BCUT2D eigenvalue weighted by atomic mass is 9.90. The minimum Gasteiger partial charge on any atom is -0.352 e. The minimum atomic E-state index is -0.142. The van der Waals surface area contributed by atoms with Crippen LogP contribution in [0.15, 0.2) is 0 Å². The van der Waals surface area contributed by atoms with Crippen molar-refractivity contribution < 1.29 is 18.9 Å². The van der Waals surface area contributed by atoms with E-state index in [9.17, 15) is 0 Å². The van der Waals surface area contributed by atoms with Gasteiger partial charge >= 0.3 is 0 Å². The van der Waals surface area contributed by atoms with Crippen molar-refractivity contribution in [2.75, 3.05) is 49.4 Å². The Kier molecular flexibility index (Phi) is 28.1. The lowest BCUT2D eigenvalue weighted by molar-refractivity contribution is -0.315. The third-order valence-electron chi connectivity index (χ3n) is 10.2. The third-order valence-corrected chi connectivity index (χ3v) is 12.9. The molecule has 0 aromatic carbocycles. The lowest BCUT2D eigenvalue weighted by Crippen LogP contribution is -2.54. The average Bonchev–Trinajstić information content (AvgIpc) is 3.09. The second kappa shape index (κ2) is 30.2. The van der Waals surface area contributed by atoms with Crippen LogP contribution in [-0.2, 0) is 18.9 Å². The van der Waals surface area contributed by atoms with E-state index in [-0.39, 0.29) is 18.0 Å². The number of rotatable bonds is 32. The van der Waals surface area contributed by atoms with Gasteiger partial charge in [0.25, 0.3) is 0 Å². The number of hydrogen-bond acceptors (Lipinski definition) is 6. The molecule has 2 unspecified atom stereocenters. The highest BCUT2D eigenvalue weighted by molar-refractivity contribution is 7.99. The standard InChI is InChI=1S/C41H80O4S2/c1-5-7-9-11-13-15-17-19-21-23-25-27-29-46-31-37(3)39-42-33-41(34-43-39)35-44-40(45-36-41)38(4)32-47-30-28-26-24-22-20-18-16-14-12-10-8-6-2/h37-40H,5-36H2,1-4H3. The topological polar surface area (TPSA) is 36.9 Å². The van der Waals surface area contributed by atoms with E-state index in [0.29, 0.717) is 38.3 Å². The van der Waals surface area contributed by atoms with Crippen LogP contribution in [0.25, 0.3) is 0 Å².